The molecule has 0 spiro atoms. The molecule has 2 amide bonds. The summed E-state index contributed by atoms with van der Waals surface area (Å²) in [6.45, 7) is 11.3. The molecule has 0 aliphatic heterocycles. The van der Waals surface area contributed by atoms with Crippen molar-refractivity contribution in [3.8, 4) is 0 Å². The summed E-state index contributed by atoms with van der Waals surface area (Å²) in [4.78, 5) is 29.3. The smallest absolute Gasteiger partial charge is 0.264 e. The molecule has 8 heteroatoms. The topological polar surface area (TPSA) is 86.8 Å². The maximum absolute atomic E-state index is 14.2. The van der Waals surface area contributed by atoms with Crippen LogP contribution in [0.4, 0.5) is 5.69 Å². The number of sulfonamides is 1. The number of aryl methyl sites for hydroxylation is 3. The van der Waals surface area contributed by atoms with Crippen molar-refractivity contribution < 1.29 is 18.0 Å². The number of hydrogen-bond acceptors (Lipinski definition) is 4. The van der Waals surface area contributed by atoms with Crippen molar-refractivity contribution in [2.75, 3.05) is 10.8 Å². The number of nitrogens with zero attached hydrogens (tertiary/aromatic N) is 2. The summed E-state index contributed by atoms with van der Waals surface area (Å²) >= 11 is 0. The number of carbonyl (C=O) groups is 2. The quantitative estimate of drug-likeness (QED) is 0.279. The Morgan fingerprint density at radius 1 is 0.829 bits per heavy atom. The highest BCUT2D eigenvalue weighted by Gasteiger charge is 2.34. The first-order chi connectivity index (χ1) is 19.5. The highest BCUT2D eigenvalue weighted by Crippen LogP contribution is 2.28. The van der Waals surface area contributed by atoms with E-state index in [0.29, 0.717) is 18.5 Å². The van der Waals surface area contributed by atoms with Gasteiger partial charge in [0.15, 0.2) is 0 Å². The van der Waals surface area contributed by atoms with Gasteiger partial charge in [-0.1, -0.05) is 86.5 Å². The van der Waals surface area contributed by atoms with E-state index in [1.54, 1.807) is 36.4 Å². The van der Waals surface area contributed by atoms with Gasteiger partial charge in [-0.25, -0.2) is 8.42 Å². The first-order valence-electron chi connectivity index (χ1n) is 14.3. The highest BCUT2D eigenvalue weighted by atomic mass is 32.2. The molecule has 0 saturated heterocycles. The standard InChI is InChI=1S/C33H43N3O4S/c1-7-26(6)34-33(38)30(9-3)35(22-27-18-14-24(4)15-19-27)32(37)23-36(31-13-11-10-12-28(31)8-2)41(39,40)29-20-16-25(5)17-21-29/h10-21,26,30H,7-9,22-23H2,1-6H3,(H,34,38)/t26-,30-/m1/s1. The maximum Gasteiger partial charge on any atom is 0.264 e. The lowest BCUT2D eigenvalue weighted by Gasteiger charge is -2.34. The minimum Gasteiger partial charge on any atom is -0.352 e. The number of rotatable bonds is 13. The third kappa shape index (κ3) is 7.97. The minimum absolute atomic E-state index is 0.0530. The van der Waals surface area contributed by atoms with Crippen LogP contribution in [0.15, 0.2) is 77.7 Å². The van der Waals surface area contributed by atoms with Gasteiger partial charge in [-0.3, -0.25) is 13.9 Å². The predicted molar refractivity (Wildman–Crippen MR) is 165 cm³/mol. The highest BCUT2D eigenvalue weighted by molar-refractivity contribution is 7.92. The van der Waals surface area contributed by atoms with E-state index < -0.39 is 28.5 Å². The number of benzene rings is 3. The van der Waals surface area contributed by atoms with E-state index in [1.165, 1.54) is 9.21 Å². The van der Waals surface area contributed by atoms with Crippen LogP contribution in [0.5, 0.6) is 0 Å². The summed E-state index contributed by atoms with van der Waals surface area (Å²) in [5.74, 6) is -0.692. The first-order valence-corrected chi connectivity index (χ1v) is 15.8. The number of anilines is 1. The average Bonchev–Trinajstić information content (AvgIpc) is 2.96. The van der Waals surface area contributed by atoms with Crippen LogP contribution in [0.1, 0.15) is 62.8 Å². The van der Waals surface area contributed by atoms with E-state index in [-0.39, 0.29) is 23.4 Å². The molecule has 2 atom stereocenters. The van der Waals surface area contributed by atoms with Gasteiger partial charge < -0.3 is 10.2 Å². The van der Waals surface area contributed by atoms with E-state index in [1.807, 2.05) is 77.9 Å². The molecule has 1 N–H and O–H groups in total. The lowest BCUT2D eigenvalue weighted by atomic mass is 10.1. The second-order valence-corrected chi connectivity index (χ2v) is 12.4. The number of nitrogens with one attached hydrogen (secondary N) is 1. The largest absolute Gasteiger partial charge is 0.352 e. The van der Waals surface area contributed by atoms with Crippen LogP contribution in [0.25, 0.3) is 0 Å². The second-order valence-electron chi connectivity index (χ2n) is 10.6. The summed E-state index contributed by atoms with van der Waals surface area (Å²) in [7, 11) is -4.10. The van der Waals surface area contributed by atoms with E-state index in [4.69, 9.17) is 0 Å². The zero-order valence-electron chi connectivity index (χ0n) is 25.1. The Balaban J connectivity index is 2.09. The van der Waals surface area contributed by atoms with Gasteiger partial charge in [0.05, 0.1) is 10.6 Å². The third-order valence-electron chi connectivity index (χ3n) is 7.39. The second kappa shape index (κ2) is 14.3. The van der Waals surface area contributed by atoms with Gasteiger partial charge in [-0.2, -0.15) is 0 Å². The van der Waals surface area contributed by atoms with Crippen LogP contribution in [0.3, 0.4) is 0 Å². The van der Waals surface area contributed by atoms with E-state index in [0.717, 1.165) is 28.7 Å². The molecule has 3 aromatic carbocycles. The van der Waals surface area contributed by atoms with Gasteiger partial charge >= 0.3 is 0 Å². The van der Waals surface area contributed by atoms with E-state index in [2.05, 4.69) is 5.32 Å². The molecule has 0 radical (unpaired) electrons. The first kappa shape index (κ1) is 31.9. The van der Waals surface area contributed by atoms with Crippen molar-refractivity contribution in [3.63, 3.8) is 0 Å². The molecule has 220 valence electrons. The van der Waals surface area contributed by atoms with E-state index in [9.17, 15) is 18.0 Å². The van der Waals surface area contributed by atoms with Crippen LogP contribution in [-0.4, -0.2) is 43.8 Å². The Bertz CT molecular complexity index is 1420. The van der Waals surface area contributed by atoms with Crippen LogP contribution in [0.2, 0.25) is 0 Å². The van der Waals surface area contributed by atoms with Crippen molar-refractivity contribution in [3.05, 3.63) is 95.1 Å². The normalized spacial score (nSPS) is 12.8. The van der Waals surface area contributed by atoms with Crippen LogP contribution >= 0.6 is 0 Å². The van der Waals surface area contributed by atoms with Gasteiger partial charge in [0, 0.05) is 12.6 Å². The van der Waals surface area contributed by atoms with Gasteiger partial charge in [0.1, 0.15) is 12.6 Å². The SMILES string of the molecule is CCc1ccccc1N(CC(=O)N(Cc1ccc(C)cc1)[C@H](CC)C(=O)N[C@H](C)CC)S(=O)(=O)c1ccc(C)cc1. The molecule has 0 saturated carbocycles. The number of carbonyl (C=O) groups excluding carboxylic acids is 2. The fourth-order valence-electron chi connectivity index (χ4n) is 4.65. The summed E-state index contributed by atoms with van der Waals surface area (Å²) in [6.07, 6.45) is 1.73. The summed E-state index contributed by atoms with van der Waals surface area (Å²) in [6, 6.07) is 20.8. The lowest BCUT2D eigenvalue weighted by Crippen LogP contribution is -2.53. The predicted octanol–water partition coefficient (Wildman–Crippen LogP) is 5.78. The molecule has 0 aliphatic carbocycles. The molecule has 3 rings (SSSR count). The Morgan fingerprint density at radius 2 is 1.41 bits per heavy atom. The van der Waals surface area contributed by atoms with Gasteiger partial charge in [-0.05, 0) is 69.4 Å². The third-order valence-corrected chi connectivity index (χ3v) is 9.16. The molecule has 0 unspecified atom stereocenters. The fraction of sp³-hybridized carbons (Fsp3) is 0.394. The van der Waals surface area contributed by atoms with Crippen molar-refractivity contribution in [1.82, 2.24) is 10.2 Å². The molecular weight excluding hydrogens is 534 g/mol. The minimum atomic E-state index is -4.10. The number of amides is 2. The molecule has 0 aromatic heterocycles. The fourth-order valence-corrected chi connectivity index (χ4v) is 6.11. The molecular formula is C33H43N3O4S. The molecule has 0 bridgehead atoms. The van der Waals surface area contributed by atoms with Crippen LogP contribution in [-0.2, 0) is 32.6 Å². The van der Waals surface area contributed by atoms with Gasteiger partial charge in [0.25, 0.3) is 10.0 Å². The van der Waals surface area contributed by atoms with Gasteiger partial charge in [0.2, 0.25) is 11.8 Å². The zero-order valence-corrected chi connectivity index (χ0v) is 25.9. The molecule has 0 aliphatic rings. The average molecular weight is 578 g/mol. The number of hydrogen-bond donors (Lipinski definition) is 1. The lowest BCUT2D eigenvalue weighted by molar-refractivity contribution is -0.140. The maximum atomic E-state index is 14.2. The van der Waals surface area contributed by atoms with Crippen LogP contribution < -0.4 is 9.62 Å². The summed E-state index contributed by atoms with van der Waals surface area (Å²) < 4.78 is 29.4. The van der Waals surface area contributed by atoms with Gasteiger partial charge in [-0.15, -0.1) is 0 Å². The Kier molecular flexibility index (Phi) is 11.1. The molecule has 3 aromatic rings. The summed E-state index contributed by atoms with van der Waals surface area (Å²) in [5.41, 5.74) is 4.14. The molecule has 41 heavy (non-hydrogen) atoms. The Morgan fingerprint density at radius 3 is 1.98 bits per heavy atom. The number of para-hydroxylation sites is 1. The zero-order chi connectivity index (χ0) is 30.2. The Labute approximate surface area is 245 Å². The van der Waals surface area contributed by atoms with Crippen molar-refractivity contribution in [1.29, 1.82) is 0 Å². The Hall–Kier alpha value is -3.65. The molecule has 7 nitrogen and oxygen atoms in total. The van der Waals surface area contributed by atoms with Crippen molar-refractivity contribution in [2.24, 2.45) is 0 Å². The van der Waals surface area contributed by atoms with Crippen molar-refractivity contribution >= 4 is 27.5 Å². The monoisotopic (exact) mass is 577 g/mol. The van der Waals surface area contributed by atoms with E-state index >= 15 is 0 Å². The van der Waals surface area contributed by atoms with Crippen molar-refractivity contribution in [2.45, 2.75) is 84.3 Å². The summed E-state index contributed by atoms with van der Waals surface area (Å²) in [5, 5.41) is 3.01. The molecule has 0 heterocycles. The molecule has 0 fully saturated rings. The van der Waals surface area contributed by atoms with Crippen LogP contribution in [0, 0.1) is 13.8 Å².